The number of benzene rings is 1. The third kappa shape index (κ3) is 4.56. The van der Waals surface area contributed by atoms with Crippen LogP contribution in [0.5, 0.6) is 0 Å². The number of aryl methyl sites for hydroxylation is 3. The molecule has 0 aliphatic rings. The summed E-state index contributed by atoms with van der Waals surface area (Å²) in [7, 11) is -3.60. The van der Waals surface area contributed by atoms with E-state index in [4.69, 9.17) is 5.26 Å². The number of hydrogen-bond acceptors (Lipinski definition) is 3. The van der Waals surface area contributed by atoms with Gasteiger partial charge in [-0.1, -0.05) is 38.5 Å². The Balaban J connectivity index is 3.37. The second-order valence-electron chi connectivity index (χ2n) is 7.04. The van der Waals surface area contributed by atoms with Crippen molar-refractivity contribution in [1.29, 1.82) is 5.26 Å². The number of nitriles is 1. The Kier molecular flexibility index (Phi) is 5.77. The highest BCUT2D eigenvalue weighted by atomic mass is 32.2. The van der Waals surface area contributed by atoms with Crippen LogP contribution >= 0.6 is 0 Å². The topological polar surface area (TPSA) is 61.2 Å². The highest BCUT2D eigenvalue weighted by molar-refractivity contribution is 7.89. The second-order valence-corrected chi connectivity index (χ2v) is 8.91. The van der Waals surface area contributed by atoms with Crippen molar-refractivity contribution in [2.75, 3.05) is 13.1 Å². The molecule has 1 aromatic rings. The summed E-state index contributed by atoms with van der Waals surface area (Å²) in [6.45, 7) is 12.2. The molecule has 0 bridgehead atoms. The molecule has 0 amide bonds. The molecule has 0 fully saturated rings. The molecule has 0 saturated heterocycles. The summed E-state index contributed by atoms with van der Waals surface area (Å²) >= 11 is 0. The lowest BCUT2D eigenvalue weighted by Gasteiger charge is -2.30. The molecular weight excluding hydrogens is 296 g/mol. The molecular formula is C17H26N2O2S. The lowest BCUT2D eigenvalue weighted by atomic mass is 9.97. The van der Waals surface area contributed by atoms with Crippen LogP contribution in [0.15, 0.2) is 17.0 Å². The SMILES string of the molecule is Cc1cc(C)c(S(=O)(=O)N(CCC#N)CC(C)(C)C)c(C)c1. The first-order chi connectivity index (χ1) is 9.99. The maximum absolute atomic E-state index is 13.1. The summed E-state index contributed by atoms with van der Waals surface area (Å²) in [6, 6.07) is 5.82. The molecule has 0 aliphatic carbocycles. The van der Waals surface area contributed by atoms with Gasteiger partial charge in [0.1, 0.15) is 0 Å². The molecule has 0 aromatic heterocycles. The van der Waals surface area contributed by atoms with Gasteiger partial charge in [-0.3, -0.25) is 0 Å². The van der Waals surface area contributed by atoms with Crippen LogP contribution in [-0.2, 0) is 10.0 Å². The summed E-state index contributed by atoms with van der Waals surface area (Å²) < 4.78 is 27.6. The fraction of sp³-hybridized carbons (Fsp3) is 0.588. The van der Waals surface area contributed by atoms with Crippen molar-refractivity contribution in [3.8, 4) is 6.07 Å². The van der Waals surface area contributed by atoms with E-state index in [2.05, 4.69) is 0 Å². The molecule has 0 heterocycles. The molecule has 0 spiro atoms. The molecule has 0 saturated carbocycles. The first kappa shape index (κ1) is 18.7. The summed E-state index contributed by atoms with van der Waals surface area (Å²) in [5, 5.41) is 8.82. The van der Waals surface area contributed by atoms with Gasteiger partial charge in [-0.2, -0.15) is 9.57 Å². The Labute approximate surface area is 134 Å². The fourth-order valence-corrected chi connectivity index (χ4v) is 4.77. The van der Waals surface area contributed by atoms with Crippen LogP contribution in [0.4, 0.5) is 0 Å². The maximum Gasteiger partial charge on any atom is 0.243 e. The van der Waals surface area contributed by atoms with Gasteiger partial charge >= 0.3 is 0 Å². The van der Waals surface area contributed by atoms with Crippen LogP contribution in [0, 0.1) is 37.5 Å². The van der Waals surface area contributed by atoms with Crippen LogP contribution in [0.1, 0.15) is 43.9 Å². The number of hydrogen-bond donors (Lipinski definition) is 0. The summed E-state index contributed by atoms with van der Waals surface area (Å²) in [5.74, 6) is 0. The van der Waals surface area contributed by atoms with Crippen molar-refractivity contribution in [3.63, 3.8) is 0 Å². The monoisotopic (exact) mass is 322 g/mol. The number of rotatable bonds is 5. The third-order valence-electron chi connectivity index (χ3n) is 3.33. The molecule has 5 heteroatoms. The van der Waals surface area contributed by atoms with E-state index >= 15 is 0 Å². The smallest absolute Gasteiger partial charge is 0.207 e. The molecule has 22 heavy (non-hydrogen) atoms. The Morgan fingerprint density at radius 2 is 1.64 bits per heavy atom. The van der Waals surface area contributed by atoms with Crippen molar-refractivity contribution in [1.82, 2.24) is 4.31 Å². The highest BCUT2D eigenvalue weighted by Gasteiger charge is 2.30. The van der Waals surface area contributed by atoms with Crippen LogP contribution in [0.3, 0.4) is 0 Å². The van der Waals surface area contributed by atoms with Gasteiger partial charge < -0.3 is 0 Å². The predicted molar refractivity (Wildman–Crippen MR) is 89.1 cm³/mol. The Hall–Kier alpha value is -1.38. The molecule has 0 atom stereocenters. The third-order valence-corrected chi connectivity index (χ3v) is 5.48. The van der Waals surface area contributed by atoms with Crippen molar-refractivity contribution in [3.05, 3.63) is 28.8 Å². The molecule has 0 N–H and O–H groups in total. The van der Waals surface area contributed by atoms with Gasteiger partial charge in [0.05, 0.1) is 11.0 Å². The van der Waals surface area contributed by atoms with Crippen molar-refractivity contribution < 1.29 is 8.42 Å². The minimum atomic E-state index is -3.60. The highest BCUT2D eigenvalue weighted by Crippen LogP contribution is 2.28. The zero-order valence-corrected chi connectivity index (χ0v) is 15.2. The van der Waals surface area contributed by atoms with E-state index in [9.17, 15) is 8.42 Å². The van der Waals surface area contributed by atoms with Crippen LogP contribution in [0.2, 0.25) is 0 Å². The fourth-order valence-electron chi connectivity index (χ4n) is 2.69. The minimum Gasteiger partial charge on any atom is -0.207 e. The van der Waals surface area contributed by atoms with Crippen molar-refractivity contribution in [2.45, 2.75) is 52.9 Å². The van der Waals surface area contributed by atoms with Crippen LogP contribution < -0.4 is 0 Å². The van der Waals surface area contributed by atoms with Gasteiger partial charge in [0, 0.05) is 19.5 Å². The zero-order chi connectivity index (χ0) is 17.1. The molecule has 1 rings (SSSR count). The summed E-state index contributed by atoms with van der Waals surface area (Å²) in [6.07, 6.45) is 0.194. The summed E-state index contributed by atoms with van der Waals surface area (Å²) in [5.41, 5.74) is 2.39. The minimum absolute atomic E-state index is 0.172. The quantitative estimate of drug-likeness (QED) is 0.832. The molecule has 0 unspecified atom stereocenters. The first-order valence-electron chi connectivity index (χ1n) is 7.44. The molecule has 0 aliphatic heterocycles. The van der Waals surface area contributed by atoms with Crippen molar-refractivity contribution >= 4 is 10.0 Å². The molecule has 1 aromatic carbocycles. The van der Waals surface area contributed by atoms with Gasteiger partial charge in [0.15, 0.2) is 0 Å². The van der Waals surface area contributed by atoms with Gasteiger partial charge in [0.25, 0.3) is 0 Å². The van der Waals surface area contributed by atoms with E-state index < -0.39 is 10.0 Å². The van der Waals surface area contributed by atoms with Crippen LogP contribution in [0.25, 0.3) is 0 Å². The lowest BCUT2D eigenvalue weighted by Crippen LogP contribution is -2.39. The average molecular weight is 322 g/mol. The Morgan fingerprint density at radius 1 is 1.14 bits per heavy atom. The molecule has 122 valence electrons. The predicted octanol–water partition coefficient (Wildman–Crippen LogP) is 3.56. The second kappa shape index (κ2) is 6.80. The van der Waals surface area contributed by atoms with Gasteiger partial charge in [-0.05, 0) is 37.3 Å². The zero-order valence-electron chi connectivity index (χ0n) is 14.4. The molecule has 4 nitrogen and oxygen atoms in total. The van der Waals surface area contributed by atoms with Crippen LogP contribution in [-0.4, -0.2) is 25.8 Å². The van der Waals surface area contributed by atoms with E-state index in [1.165, 1.54) is 4.31 Å². The van der Waals surface area contributed by atoms with E-state index in [0.29, 0.717) is 11.4 Å². The van der Waals surface area contributed by atoms with E-state index in [1.807, 2.05) is 59.7 Å². The van der Waals surface area contributed by atoms with Gasteiger partial charge in [-0.25, -0.2) is 8.42 Å². The number of nitrogens with zero attached hydrogens (tertiary/aromatic N) is 2. The first-order valence-corrected chi connectivity index (χ1v) is 8.88. The van der Waals surface area contributed by atoms with E-state index in [0.717, 1.165) is 16.7 Å². The van der Waals surface area contributed by atoms with Gasteiger partial charge in [0.2, 0.25) is 10.0 Å². The number of sulfonamides is 1. The lowest BCUT2D eigenvalue weighted by molar-refractivity contribution is 0.284. The van der Waals surface area contributed by atoms with Crippen molar-refractivity contribution in [2.24, 2.45) is 5.41 Å². The largest absolute Gasteiger partial charge is 0.243 e. The Bertz CT molecular complexity index is 657. The summed E-state index contributed by atoms with van der Waals surface area (Å²) in [4.78, 5) is 0.375. The van der Waals surface area contributed by atoms with E-state index in [-0.39, 0.29) is 18.4 Å². The van der Waals surface area contributed by atoms with Gasteiger partial charge in [-0.15, -0.1) is 0 Å². The average Bonchev–Trinajstić information content (AvgIpc) is 2.31. The standard InChI is InChI=1S/C17H26N2O2S/c1-13-10-14(2)16(15(3)11-13)22(20,21)19(9-7-8-18)12-17(4,5)6/h10-11H,7,9,12H2,1-6H3. The normalized spacial score (nSPS) is 12.5. The van der Waals surface area contributed by atoms with E-state index in [1.54, 1.807) is 0 Å². The Morgan fingerprint density at radius 3 is 2.05 bits per heavy atom. The molecule has 0 radical (unpaired) electrons. The maximum atomic E-state index is 13.1.